The molecule has 1 aromatic rings. The number of aromatic nitrogens is 2. The van der Waals surface area contributed by atoms with E-state index < -0.39 is 0 Å². The first-order valence-electron chi connectivity index (χ1n) is 7.58. The van der Waals surface area contributed by atoms with Crippen molar-refractivity contribution in [3.63, 3.8) is 0 Å². The van der Waals surface area contributed by atoms with E-state index in [0.717, 1.165) is 44.1 Å². The van der Waals surface area contributed by atoms with E-state index in [4.69, 9.17) is 4.74 Å². The van der Waals surface area contributed by atoms with E-state index in [2.05, 4.69) is 5.10 Å². The van der Waals surface area contributed by atoms with Crippen molar-refractivity contribution in [1.29, 1.82) is 0 Å². The minimum absolute atomic E-state index is 0.00519. The fourth-order valence-electron chi connectivity index (χ4n) is 3.60. The Balaban J connectivity index is 2.04. The highest BCUT2D eigenvalue weighted by atomic mass is 16.5. The number of nitrogens with zero attached hydrogens (tertiary/aromatic N) is 1. The molecule has 5 heteroatoms. The monoisotopic (exact) mass is 278 g/mol. The van der Waals surface area contributed by atoms with E-state index in [1.807, 2.05) is 13.8 Å². The molecular formula is C15H22N2O3. The third-order valence-electron chi connectivity index (χ3n) is 4.48. The lowest BCUT2D eigenvalue weighted by molar-refractivity contribution is -0.0515. The van der Waals surface area contributed by atoms with Gasteiger partial charge in [0.2, 0.25) is 0 Å². The van der Waals surface area contributed by atoms with Gasteiger partial charge in [-0.2, -0.15) is 0 Å². The third-order valence-corrected chi connectivity index (χ3v) is 4.48. The lowest BCUT2D eigenvalue weighted by Crippen LogP contribution is -2.42. The summed E-state index contributed by atoms with van der Waals surface area (Å²) in [5, 5.41) is 2.81. The highest BCUT2D eigenvalue weighted by Crippen LogP contribution is 2.27. The smallest absolute Gasteiger partial charge is 0.268 e. The Hall–Kier alpha value is -1.36. The molecule has 0 aromatic carbocycles. The van der Waals surface area contributed by atoms with Gasteiger partial charge in [-0.1, -0.05) is 0 Å². The van der Waals surface area contributed by atoms with Gasteiger partial charge in [-0.05, 0) is 52.4 Å². The van der Waals surface area contributed by atoms with Crippen LogP contribution in [0, 0.1) is 0 Å². The number of H-pyrrole nitrogens is 1. The molecule has 2 aliphatic rings. The summed E-state index contributed by atoms with van der Waals surface area (Å²) in [6.07, 6.45) is 5.29. The van der Waals surface area contributed by atoms with Crippen LogP contribution in [-0.4, -0.2) is 22.0 Å². The van der Waals surface area contributed by atoms with Crippen LogP contribution >= 0.6 is 0 Å². The first-order chi connectivity index (χ1) is 9.56. The lowest BCUT2D eigenvalue weighted by Gasteiger charge is -2.33. The molecule has 1 aromatic heterocycles. The Labute approximate surface area is 117 Å². The molecule has 20 heavy (non-hydrogen) atoms. The standard InChI is InChI=1S/C15H22N2O3/c1-9-7-11(8-10(2)20-9)17-15(19)13-6-4-3-5-12(13)14(18)16-17/h9-11H,3-8H2,1-2H3,(H,16,18). The van der Waals surface area contributed by atoms with Crippen molar-refractivity contribution in [2.45, 2.75) is 70.6 Å². The maximum atomic E-state index is 12.6. The molecule has 2 unspecified atom stereocenters. The fraction of sp³-hybridized carbons (Fsp3) is 0.733. The number of rotatable bonds is 1. The van der Waals surface area contributed by atoms with E-state index in [-0.39, 0.29) is 29.4 Å². The van der Waals surface area contributed by atoms with Crippen molar-refractivity contribution in [3.8, 4) is 0 Å². The van der Waals surface area contributed by atoms with Crippen LogP contribution in [-0.2, 0) is 17.6 Å². The van der Waals surface area contributed by atoms with Gasteiger partial charge in [0.05, 0.1) is 18.2 Å². The molecule has 2 atom stereocenters. The summed E-state index contributed by atoms with van der Waals surface area (Å²) in [6.45, 7) is 4.04. The largest absolute Gasteiger partial charge is 0.375 e. The number of nitrogens with one attached hydrogen (secondary N) is 1. The summed E-state index contributed by atoms with van der Waals surface area (Å²) in [7, 11) is 0. The zero-order chi connectivity index (χ0) is 14.3. The fourth-order valence-corrected chi connectivity index (χ4v) is 3.60. The van der Waals surface area contributed by atoms with Crippen molar-refractivity contribution in [1.82, 2.24) is 9.78 Å². The van der Waals surface area contributed by atoms with Gasteiger partial charge >= 0.3 is 0 Å². The molecular weight excluding hydrogens is 256 g/mol. The summed E-state index contributed by atoms with van der Waals surface area (Å²) in [5.74, 6) is 0. The second-order valence-corrected chi connectivity index (χ2v) is 6.16. The van der Waals surface area contributed by atoms with E-state index in [1.54, 1.807) is 4.68 Å². The number of hydrogen-bond acceptors (Lipinski definition) is 3. The minimum atomic E-state index is -0.0777. The summed E-state index contributed by atoms with van der Waals surface area (Å²) in [4.78, 5) is 24.8. The molecule has 1 aliphatic heterocycles. The molecule has 3 rings (SSSR count). The Kier molecular flexibility index (Phi) is 3.54. The zero-order valence-electron chi connectivity index (χ0n) is 12.1. The van der Waals surface area contributed by atoms with E-state index in [9.17, 15) is 9.59 Å². The molecule has 0 radical (unpaired) electrons. The highest BCUT2D eigenvalue weighted by Gasteiger charge is 2.28. The molecule has 2 heterocycles. The average molecular weight is 278 g/mol. The number of aromatic amines is 1. The minimum Gasteiger partial charge on any atom is -0.375 e. The zero-order valence-corrected chi connectivity index (χ0v) is 12.1. The Morgan fingerprint density at radius 2 is 1.65 bits per heavy atom. The second kappa shape index (κ2) is 5.20. The van der Waals surface area contributed by atoms with Crippen LogP contribution in [0.25, 0.3) is 0 Å². The van der Waals surface area contributed by atoms with Crippen LogP contribution in [0.4, 0.5) is 0 Å². The Morgan fingerprint density at radius 1 is 1.05 bits per heavy atom. The van der Waals surface area contributed by atoms with Gasteiger partial charge in [-0.3, -0.25) is 14.7 Å². The van der Waals surface area contributed by atoms with Crippen molar-refractivity contribution >= 4 is 0 Å². The van der Waals surface area contributed by atoms with Crippen LogP contribution < -0.4 is 11.1 Å². The molecule has 0 saturated carbocycles. The number of ether oxygens (including phenoxy) is 1. The number of hydrogen-bond donors (Lipinski definition) is 1. The van der Waals surface area contributed by atoms with Crippen LogP contribution in [0.1, 0.15) is 56.7 Å². The van der Waals surface area contributed by atoms with Crippen LogP contribution in [0.5, 0.6) is 0 Å². The third kappa shape index (κ3) is 2.35. The van der Waals surface area contributed by atoms with Crippen molar-refractivity contribution in [2.24, 2.45) is 0 Å². The summed E-state index contributed by atoms with van der Waals surface area (Å²) < 4.78 is 7.28. The molecule has 1 aliphatic carbocycles. The molecule has 1 fully saturated rings. The van der Waals surface area contributed by atoms with Crippen molar-refractivity contribution < 1.29 is 4.74 Å². The molecule has 0 spiro atoms. The normalized spacial score (nSPS) is 30.0. The van der Waals surface area contributed by atoms with Gasteiger partial charge in [0.15, 0.2) is 0 Å². The van der Waals surface area contributed by atoms with Crippen LogP contribution in [0.15, 0.2) is 9.59 Å². The van der Waals surface area contributed by atoms with Gasteiger partial charge in [-0.25, -0.2) is 4.68 Å². The predicted molar refractivity (Wildman–Crippen MR) is 76.2 cm³/mol. The highest BCUT2D eigenvalue weighted by molar-refractivity contribution is 5.24. The lowest BCUT2D eigenvalue weighted by atomic mass is 9.93. The van der Waals surface area contributed by atoms with E-state index in [1.165, 1.54) is 0 Å². The van der Waals surface area contributed by atoms with Gasteiger partial charge in [0.1, 0.15) is 0 Å². The van der Waals surface area contributed by atoms with Crippen molar-refractivity contribution in [3.05, 3.63) is 31.8 Å². The molecule has 0 amide bonds. The first kappa shape index (κ1) is 13.6. The maximum absolute atomic E-state index is 12.6. The van der Waals surface area contributed by atoms with E-state index in [0.29, 0.717) is 5.56 Å². The molecule has 110 valence electrons. The molecule has 0 bridgehead atoms. The predicted octanol–water partition coefficient (Wildman–Crippen LogP) is 1.54. The second-order valence-electron chi connectivity index (χ2n) is 6.16. The summed E-state index contributed by atoms with van der Waals surface area (Å²) in [5.41, 5.74) is 1.38. The van der Waals surface area contributed by atoms with Crippen LogP contribution in [0.3, 0.4) is 0 Å². The number of fused-ring (bicyclic) bond motifs is 1. The van der Waals surface area contributed by atoms with Crippen LogP contribution in [0.2, 0.25) is 0 Å². The molecule has 5 nitrogen and oxygen atoms in total. The Morgan fingerprint density at radius 3 is 2.30 bits per heavy atom. The SMILES string of the molecule is CC1CC(n2[nH]c(=O)c3c(c2=O)CCCC3)CC(C)O1. The van der Waals surface area contributed by atoms with Gasteiger partial charge in [-0.15, -0.1) is 0 Å². The average Bonchev–Trinajstić information content (AvgIpc) is 2.42. The van der Waals surface area contributed by atoms with Gasteiger partial charge in [0, 0.05) is 11.1 Å². The maximum Gasteiger partial charge on any atom is 0.268 e. The van der Waals surface area contributed by atoms with Gasteiger partial charge in [0.25, 0.3) is 11.1 Å². The topological polar surface area (TPSA) is 64.1 Å². The summed E-state index contributed by atoms with van der Waals surface area (Å²) >= 11 is 0. The molecule has 1 N–H and O–H groups in total. The summed E-state index contributed by atoms with van der Waals surface area (Å²) in [6, 6.07) is 0.0428. The van der Waals surface area contributed by atoms with E-state index >= 15 is 0 Å². The quantitative estimate of drug-likeness (QED) is 0.847. The van der Waals surface area contributed by atoms with Crippen molar-refractivity contribution in [2.75, 3.05) is 0 Å². The van der Waals surface area contributed by atoms with Gasteiger partial charge < -0.3 is 4.74 Å². The molecule has 1 saturated heterocycles. The first-order valence-corrected chi connectivity index (χ1v) is 7.58. The Bertz CT molecular complexity index is 607.